The van der Waals surface area contributed by atoms with E-state index in [4.69, 9.17) is 0 Å². The van der Waals surface area contributed by atoms with Crippen LogP contribution in [0.25, 0.3) is 0 Å². The largest absolute Gasteiger partial charge is 0.351 e. The average Bonchev–Trinajstić information content (AvgIpc) is 2.81. The summed E-state index contributed by atoms with van der Waals surface area (Å²) in [6.07, 6.45) is 29.7. The summed E-state index contributed by atoms with van der Waals surface area (Å²) in [6.45, 7) is 12.1. The molecule has 0 aromatic carbocycles. The number of rotatable bonds is 14. The Kier molecular flexibility index (Phi) is 14.2. The van der Waals surface area contributed by atoms with Crippen LogP contribution in [0, 0.1) is 0 Å². The Morgan fingerprint density at radius 1 is 0.703 bits per heavy atom. The Morgan fingerprint density at radius 2 is 1.14 bits per heavy atom. The van der Waals surface area contributed by atoms with Crippen molar-refractivity contribution in [2.24, 2.45) is 0 Å². The zero-order valence-electron chi connectivity index (χ0n) is 26.4. The van der Waals surface area contributed by atoms with E-state index in [0.717, 1.165) is 25.7 Å². The molecule has 0 radical (unpaired) electrons. The molecule has 2 saturated carbocycles. The van der Waals surface area contributed by atoms with Crippen LogP contribution < -0.4 is 5.32 Å². The van der Waals surface area contributed by atoms with Crippen LogP contribution in [0.3, 0.4) is 0 Å². The summed E-state index contributed by atoms with van der Waals surface area (Å²) >= 11 is 0. The van der Waals surface area contributed by atoms with E-state index in [1.807, 2.05) is 0 Å². The van der Waals surface area contributed by atoms with E-state index in [1.165, 1.54) is 129 Å². The molecule has 2 aliphatic carbocycles. The summed E-state index contributed by atoms with van der Waals surface area (Å²) in [5, 5.41) is 4.47. The standard InChI is InChI=1S/C33H65B2NO/c1-6-8-10-17-25-32(5,26-18-11-9-7-2)36-29(37)33(34)27-19-23-31(4,24-20-28-33)35-30(3)21-15-13-12-14-16-22-30/h35H,6-28,34H2,1-5H3,(H,36,37). The van der Waals surface area contributed by atoms with Crippen LogP contribution in [-0.4, -0.2) is 26.6 Å². The van der Waals surface area contributed by atoms with Crippen LogP contribution in [-0.2, 0) is 4.79 Å². The van der Waals surface area contributed by atoms with E-state index >= 15 is 0 Å². The second-order valence-corrected chi connectivity index (χ2v) is 15.0. The highest BCUT2D eigenvalue weighted by molar-refractivity contribution is 6.44. The van der Waals surface area contributed by atoms with Gasteiger partial charge in [-0.2, -0.15) is 0 Å². The number of hydrogen-bond donors (Lipinski definition) is 1. The topological polar surface area (TPSA) is 29.1 Å². The van der Waals surface area contributed by atoms with Gasteiger partial charge in [-0.3, -0.25) is 4.79 Å². The molecule has 0 bridgehead atoms. The van der Waals surface area contributed by atoms with Crippen molar-refractivity contribution in [3.05, 3.63) is 0 Å². The summed E-state index contributed by atoms with van der Waals surface area (Å²) < 4.78 is 0. The van der Waals surface area contributed by atoms with Crippen LogP contribution in [0.15, 0.2) is 0 Å². The summed E-state index contributed by atoms with van der Waals surface area (Å²) in [7, 11) is 3.69. The van der Waals surface area contributed by atoms with E-state index < -0.39 is 0 Å². The van der Waals surface area contributed by atoms with Gasteiger partial charge in [0.05, 0.1) is 0 Å². The molecule has 214 valence electrons. The van der Waals surface area contributed by atoms with E-state index in [1.54, 1.807) is 0 Å². The third-order valence-corrected chi connectivity index (χ3v) is 10.6. The highest BCUT2D eigenvalue weighted by Crippen LogP contribution is 2.52. The van der Waals surface area contributed by atoms with Gasteiger partial charge < -0.3 is 5.32 Å². The fraction of sp³-hybridized carbons (Fsp3) is 0.970. The molecule has 0 unspecified atom stereocenters. The van der Waals surface area contributed by atoms with Gasteiger partial charge in [0.25, 0.3) is 0 Å². The second-order valence-electron chi connectivity index (χ2n) is 15.0. The van der Waals surface area contributed by atoms with Gasteiger partial charge in [-0.25, -0.2) is 0 Å². The van der Waals surface area contributed by atoms with Gasteiger partial charge in [-0.1, -0.05) is 160 Å². The lowest BCUT2D eigenvalue weighted by Gasteiger charge is -2.43. The van der Waals surface area contributed by atoms with Crippen molar-refractivity contribution in [1.82, 2.24) is 5.32 Å². The third-order valence-electron chi connectivity index (χ3n) is 10.6. The molecule has 0 aliphatic heterocycles. The first-order chi connectivity index (χ1) is 17.6. The van der Waals surface area contributed by atoms with Crippen LogP contribution in [0.4, 0.5) is 0 Å². The number of carbonyl (C=O) groups is 1. The summed E-state index contributed by atoms with van der Waals surface area (Å²) in [4.78, 5) is 13.9. The number of unbranched alkanes of at least 4 members (excludes halogenated alkanes) is 6. The summed E-state index contributed by atoms with van der Waals surface area (Å²) in [5.41, 5.74) is -0.0365. The Morgan fingerprint density at radius 3 is 1.59 bits per heavy atom. The molecule has 4 heteroatoms. The fourth-order valence-electron chi connectivity index (χ4n) is 7.99. The van der Waals surface area contributed by atoms with Crippen molar-refractivity contribution in [3.63, 3.8) is 0 Å². The number of carbonyl (C=O) groups excluding carboxylic acids is 1. The van der Waals surface area contributed by atoms with Gasteiger partial charge in [-0.05, 0) is 32.6 Å². The lowest BCUT2D eigenvalue weighted by Crippen LogP contribution is -2.50. The first-order valence-corrected chi connectivity index (χ1v) is 16.9. The monoisotopic (exact) mass is 514 g/mol. The number of amides is 1. The average molecular weight is 514 g/mol. The van der Waals surface area contributed by atoms with Crippen LogP contribution in [0.1, 0.15) is 182 Å². The third kappa shape index (κ3) is 11.7. The lowest BCUT2D eigenvalue weighted by molar-refractivity contribution is -0.126. The van der Waals surface area contributed by atoms with Crippen molar-refractivity contribution >= 4 is 21.0 Å². The molecule has 2 fully saturated rings. The van der Waals surface area contributed by atoms with E-state index in [-0.39, 0.29) is 10.9 Å². The van der Waals surface area contributed by atoms with Gasteiger partial charge in [0.15, 0.2) is 0 Å². The van der Waals surface area contributed by atoms with Crippen LogP contribution in [0.5, 0.6) is 0 Å². The van der Waals surface area contributed by atoms with E-state index in [0.29, 0.717) is 16.5 Å². The predicted octanol–water partition coefficient (Wildman–Crippen LogP) is 9.49. The maximum absolute atomic E-state index is 13.9. The molecule has 0 atom stereocenters. The SMILES string of the molecule is BC1(C(=O)NC(C)(CCCCCC)CCCCCC)CCCC(C)(BC2(C)CCCCCCC2)CCC1. The maximum atomic E-state index is 13.9. The Bertz CT molecular complexity index is 618. The van der Waals surface area contributed by atoms with Crippen molar-refractivity contribution in [1.29, 1.82) is 0 Å². The summed E-state index contributed by atoms with van der Waals surface area (Å²) in [6, 6.07) is 0. The minimum Gasteiger partial charge on any atom is -0.351 e. The normalized spacial score (nSPS) is 27.4. The minimum atomic E-state index is -0.195. The quantitative estimate of drug-likeness (QED) is 0.182. The number of nitrogens with one attached hydrogen (secondary N) is 1. The van der Waals surface area contributed by atoms with Gasteiger partial charge in [-0.15, -0.1) is 0 Å². The van der Waals surface area contributed by atoms with E-state index in [2.05, 4.69) is 47.8 Å². The number of hydrogen-bond acceptors (Lipinski definition) is 1. The Hall–Kier alpha value is -0.400. The minimum absolute atomic E-state index is 0.0365. The smallest absolute Gasteiger partial charge is 0.218 e. The van der Waals surface area contributed by atoms with Crippen LogP contribution >= 0.6 is 0 Å². The second kappa shape index (κ2) is 16.0. The van der Waals surface area contributed by atoms with Gasteiger partial charge in [0, 0.05) is 10.9 Å². The van der Waals surface area contributed by atoms with E-state index in [9.17, 15) is 4.79 Å². The molecule has 2 nitrogen and oxygen atoms in total. The van der Waals surface area contributed by atoms with Crippen molar-refractivity contribution in [3.8, 4) is 0 Å². The molecule has 2 rings (SSSR count). The van der Waals surface area contributed by atoms with Gasteiger partial charge >= 0.3 is 0 Å². The molecular weight excluding hydrogens is 448 g/mol. The highest BCUT2D eigenvalue weighted by atomic mass is 16.2. The molecule has 37 heavy (non-hydrogen) atoms. The highest BCUT2D eigenvalue weighted by Gasteiger charge is 2.41. The van der Waals surface area contributed by atoms with Crippen molar-refractivity contribution in [2.45, 2.75) is 204 Å². The first-order valence-electron chi connectivity index (χ1n) is 16.9. The summed E-state index contributed by atoms with van der Waals surface area (Å²) in [5.74, 6) is 0.358. The van der Waals surface area contributed by atoms with Crippen molar-refractivity contribution in [2.75, 3.05) is 0 Å². The zero-order chi connectivity index (χ0) is 27.3. The fourth-order valence-corrected chi connectivity index (χ4v) is 7.99. The molecule has 1 N–H and O–H groups in total. The molecule has 1 amide bonds. The Balaban J connectivity index is 1.96. The Labute approximate surface area is 234 Å². The predicted molar refractivity (Wildman–Crippen MR) is 169 cm³/mol. The van der Waals surface area contributed by atoms with Gasteiger partial charge in [0.1, 0.15) is 15.1 Å². The molecule has 0 saturated heterocycles. The lowest BCUT2D eigenvalue weighted by atomic mass is 9.35. The van der Waals surface area contributed by atoms with Gasteiger partial charge in [0.2, 0.25) is 5.91 Å². The molecule has 0 spiro atoms. The van der Waals surface area contributed by atoms with Crippen LogP contribution in [0.2, 0.25) is 15.9 Å². The molecule has 2 aliphatic rings. The maximum Gasteiger partial charge on any atom is 0.218 e. The zero-order valence-corrected chi connectivity index (χ0v) is 26.4. The molecule has 0 aromatic rings. The van der Waals surface area contributed by atoms with Crippen molar-refractivity contribution < 1.29 is 4.79 Å². The molecule has 0 aromatic heterocycles. The molecule has 0 heterocycles. The first kappa shape index (κ1) is 32.8. The molecular formula is C33H65B2NO.